The Kier molecular flexibility index (Phi) is 3.06. The van der Waals surface area contributed by atoms with Crippen molar-refractivity contribution in [3.05, 3.63) is 53.1 Å². The van der Waals surface area contributed by atoms with Gasteiger partial charge in [-0.1, -0.05) is 41.5 Å². The van der Waals surface area contributed by atoms with Crippen LogP contribution in [0.4, 0.5) is 0 Å². The van der Waals surface area contributed by atoms with E-state index in [-0.39, 0.29) is 0 Å². The molecule has 82 valence electrons. The van der Waals surface area contributed by atoms with Gasteiger partial charge in [-0.25, -0.2) is 0 Å². The van der Waals surface area contributed by atoms with E-state index in [9.17, 15) is 0 Å². The summed E-state index contributed by atoms with van der Waals surface area (Å²) in [6.07, 6.45) is 0. The second-order valence-corrected chi connectivity index (χ2v) is 4.82. The Labute approximate surface area is 103 Å². The van der Waals surface area contributed by atoms with E-state index < -0.39 is 0 Å². The first-order valence-corrected chi connectivity index (χ1v) is 5.90. The molecule has 16 heavy (non-hydrogen) atoms. The number of aryl methyl sites for hydroxylation is 3. The molecule has 0 fully saturated rings. The molecule has 0 N–H and O–H groups in total. The molecule has 0 saturated carbocycles. The molecule has 0 aliphatic carbocycles. The van der Waals surface area contributed by atoms with Crippen molar-refractivity contribution in [2.45, 2.75) is 25.7 Å². The van der Waals surface area contributed by atoms with E-state index in [2.05, 4.69) is 69.8 Å². The van der Waals surface area contributed by atoms with Crippen molar-refractivity contribution in [2.24, 2.45) is 0 Å². The van der Waals surface area contributed by atoms with Gasteiger partial charge in [-0.15, -0.1) is 12.6 Å². The Bertz CT molecular complexity index is 477. The molecule has 0 aliphatic rings. The molecule has 0 nitrogen and oxygen atoms in total. The first kappa shape index (κ1) is 11.3. The maximum Gasteiger partial charge on any atom is 0.0119 e. The van der Waals surface area contributed by atoms with Gasteiger partial charge >= 0.3 is 0 Å². The fourth-order valence-electron chi connectivity index (χ4n) is 1.89. The van der Waals surface area contributed by atoms with Crippen molar-refractivity contribution < 1.29 is 0 Å². The van der Waals surface area contributed by atoms with Gasteiger partial charge in [-0.2, -0.15) is 0 Å². The van der Waals surface area contributed by atoms with Crippen LogP contribution in [0.2, 0.25) is 0 Å². The van der Waals surface area contributed by atoms with E-state index in [1.165, 1.54) is 27.8 Å². The van der Waals surface area contributed by atoms with Gasteiger partial charge in [0.1, 0.15) is 0 Å². The summed E-state index contributed by atoms with van der Waals surface area (Å²) in [5.41, 5.74) is 6.37. The van der Waals surface area contributed by atoms with Crippen LogP contribution in [-0.2, 0) is 0 Å². The Balaban J connectivity index is 2.66. The molecule has 0 saturated heterocycles. The van der Waals surface area contributed by atoms with E-state index >= 15 is 0 Å². The number of rotatable bonds is 1. The van der Waals surface area contributed by atoms with Gasteiger partial charge in [0.15, 0.2) is 0 Å². The average molecular weight is 228 g/mol. The lowest BCUT2D eigenvalue weighted by atomic mass is 9.97. The number of benzene rings is 2. The van der Waals surface area contributed by atoms with Crippen LogP contribution in [0.25, 0.3) is 11.1 Å². The summed E-state index contributed by atoms with van der Waals surface area (Å²) >= 11 is 4.54. The normalized spacial score (nSPS) is 10.5. The fraction of sp³-hybridized carbons (Fsp3) is 0.200. The topological polar surface area (TPSA) is 0 Å². The molecule has 0 bridgehead atoms. The number of hydrogen-bond donors (Lipinski definition) is 1. The predicted molar refractivity (Wildman–Crippen MR) is 73.3 cm³/mol. The summed E-state index contributed by atoms with van der Waals surface area (Å²) in [4.78, 5) is 1.04. The van der Waals surface area contributed by atoms with Crippen LogP contribution in [0.3, 0.4) is 0 Å². The van der Waals surface area contributed by atoms with Crippen LogP contribution in [0.1, 0.15) is 16.7 Å². The minimum atomic E-state index is 1.04. The third-order valence-electron chi connectivity index (χ3n) is 2.84. The summed E-state index contributed by atoms with van der Waals surface area (Å²) in [5, 5.41) is 0. The Morgan fingerprint density at radius 2 is 1.31 bits per heavy atom. The van der Waals surface area contributed by atoms with Crippen LogP contribution in [0.5, 0.6) is 0 Å². The molecule has 1 heteroatoms. The van der Waals surface area contributed by atoms with E-state index in [0.717, 1.165) is 4.90 Å². The summed E-state index contributed by atoms with van der Waals surface area (Å²) < 4.78 is 0. The van der Waals surface area contributed by atoms with Gasteiger partial charge < -0.3 is 0 Å². The zero-order chi connectivity index (χ0) is 11.7. The first-order chi connectivity index (χ1) is 7.58. The summed E-state index contributed by atoms with van der Waals surface area (Å²) in [5.74, 6) is 0. The fourth-order valence-corrected chi connectivity index (χ4v) is 2.15. The van der Waals surface area contributed by atoms with Gasteiger partial charge in [0.25, 0.3) is 0 Å². The van der Waals surface area contributed by atoms with Crippen LogP contribution < -0.4 is 0 Å². The molecule has 0 aliphatic heterocycles. The molecular formula is C15H16S. The van der Waals surface area contributed by atoms with Gasteiger partial charge in [0.05, 0.1) is 0 Å². The molecule has 0 unspecified atom stereocenters. The highest BCUT2D eigenvalue weighted by Gasteiger charge is 2.06. The molecule has 0 radical (unpaired) electrons. The second-order valence-electron chi connectivity index (χ2n) is 4.34. The molecular weight excluding hydrogens is 212 g/mol. The Morgan fingerprint density at radius 1 is 0.750 bits per heavy atom. The van der Waals surface area contributed by atoms with Crippen molar-refractivity contribution in [1.29, 1.82) is 0 Å². The first-order valence-electron chi connectivity index (χ1n) is 5.45. The van der Waals surface area contributed by atoms with E-state index in [1.54, 1.807) is 0 Å². The van der Waals surface area contributed by atoms with Crippen LogP contribution >= 0.6 is 12.6 Å². The molecule has 0 heterocycles. The molecule has 0 atom stereocenters. The Morgan fingerprint density at radius 3 is 2.00 bits per heavy atom. The van der Waals surface area contributed by atoms with Crippen molar-refractivity contribution in [3.8, 4) is 11.1 Å². The molecule has 0 aromatic heterocycles. The zero-order valence-corrected chi connectivity index (χ0v) is 10.8. The zero-order valence-electron chi connectivity index (χ0n) is 9.91. The van der Waals surface area contributed by atoms with Crippen LogP contribution in [0.15, 0.2) is 41.3 Å². The average Bonchev–Trinajstić information content (AvgIpc) is 2.25. The van der Waals surface area contributed by atoms with Gasteiger partial charge in [-0.05, 0) is 43.5 Å². The molecule has 2 aromatic carbocycles. The summed E-state index contributed by atoms with van der Waals surface area (Å²) in [6, 6.07) is 12.9. The largest absolute Gasteiger partial charge is 0.143 e. The summed E-state index contributed by atoms with van der Waals surface area (Å²) in [6.45, 7) is 6.38. The maximum absolute atomic E-state index is 4.54. The minimum Gasteiger partial charge on any atom is -0.143 e. The van der Waals surface area contributed by atoms with E-state index in [0.29, 0.717) is 0 Å². The lowest BCUT2D eigenvalue weighted by Gasteiger charge is -2.10. The second kappa shape index (κ2) is 4.34. The summed E-state index contributed by atoms with van der Waals surface area (Å²) in [7, 11) is 0. The van der Waals surface area contributed by atoms with Gasteiger partial charge in [0, 0.05) is 4.90 Å². The number of hydrogen-bond acceptors (Lipinski definition) is 1. The lowest BCUT2D eigenvalue weighted by Crippen LogP contribution is -1.87. The maximum atomic E-state index is 4.54. The number of thiol groups is 1. The van der Waals surface area contributed by atoms with Gasteiger partial charge in [0.2, 0.25) is 0 Å². The smallest absolute Gasteiger partial charge is 0.0119 e. The highest BCUT2D eigenvalue weighted by Crippen LogP contribution is 2.30. The van der Waals surface area contributed by atoms with Gasteiger partial charge in [-0.3, -0.25) is 0 Å². The highest BCUT2D eigenvalue weighted by molar-refractivity contribution is 7.80. The third kappa shape index (κ3) is 2.14. The molecule has 0 amide bonds. The molecule has 2 rings (SSSR count). The van der Waals surface area contributed by atoms with Crippen molar-refractivity contribution in [2.75, 3.05) is 0 Å². The monoisotopic (exact) mass is 228 g/mol. The predicted octanol–water partition coefficient (Wildman–Crippen LogP) is 4.57. The van der Waals surface area contributed by atoms with Crippen molar-refractivity contribution >= 4 is 12.6 Å². The molecule has 2 aromatic rings. The van der Waals surface area contributed by atoms with Crippen molar-refractivity contribution in [3.63, 3.8) is 0 Å². The lowest BCUT2D eigenvalue weighted by molar-refractivity contribution is 1.33. The van der Waals surface area contributed by atoms with Crippen molar-refractivity contribution in [1.82, 2.24) is 0 Å². The Hall–Kier alpha value is -1.21. The van der Waals surface area contributed by atoms with Crippen LogP contribution in [-0.4, -0.2) is 0 Å². The SMILES string of the molecule is Cc1ccc(C)c(-c2cc(C)ccc2S)c1. The van der Waals surface area contributed by atoms with E-state index in [1.807, 2.05) is 0 Å². The molecule has 0 spiro atoms. The van der Waals surface area contributed by atoms with Crippen LogP contribution in [0, 0.1) is 20.8 Å². The highest BCUT2D eigenvalue weighted by atomic mass is 32.1. The minimum absolute atomic E-state index is 1.04. The van der Waals surface area contributed by atoms with E-state index in [4.69, 9.17) is 0 Å². The quantitative estimate of drug-likeness (QED) is 0.679. The standard InChI is InChI=1S/C15H16S/c1-10-4-6-12(3)13(8-10)14-9-11(2)5-7-15(14)16/h4-9,16H,1-3H3. The third-order valence-corrected chi connectivity index (χ3v) is 3.23.